The number of urea groups is 1. The van der Waals surface area contributed by atoms with E-state index in [1.165, 1.54) is 12.1 Å². The Hall–Kier alpha value is -4.49. The summed E-state index contributed by atoms with van der Waals surface area (Å²) in [6.45, 7) is 1.59. The molecule has 0 bridgehead atoms. The van der Waals surface area contributed by atoms with Gasteiger partial charge in [-0.15, -0.1) is 12.4 Å². The van der Waals surface area contributed by atoms with Crippen molar-refractivity contribution < 1.29 is 23.1 Å². The first kappa shape index (κ1) is 30.5. The third-order valence-corrected chi connectivity index (χ3v) is 6.80. The zero-order valence-electron chi connectivity index (χ0n) is 22.8. The van der Waals surface area contributed by atoms with Gasteiger partial charge in [0.15, 0.2) is 11.5 Å². The fourth-order valence-corrected chi connectivity index (χ4v) is 4.72. The van der Waals surface area contributed by atoms with Crippen LogP contribution in [0.25, 0.3) is 16.9 Å². The number of rotatable bonds is 8. The number of alkyl halides is 2. The van der Waals surface area contributed by atoms with Crippen molar-refractivity contribution in [3.63, 3.8) is 0 Å². The standard InChI is InChI=1S/C28H30F2N8O3.ClH/c1-18-16-20(4-7-22(18)26(39)36-12-14-37(15-13-36)28(40)33-9-8-31)35-24-25-34-17-23(38(25)11-10-32-24)19-2-5-21(6-3-19)41-27(29)30;/h2-7,10-11,16-17,27H,8-9,12-15,31H2,1H3,(H,32,35)(H,33,40);1H. The molecule has 1 aliphatic heterocycles. The second-order valence-corrected chi connectivity index (χ2v) is 9.47. The van der Waals surface area contributed by atoms with Crippen LogP contribution < -0.4 is 21.1 Å². The first-order chi connectivity index (χ1) is 19.8. The Labute approximate surface area is 247 Å². The molecule has 3 heterocycles. The van der Waals surface area contributed by atoms with Gasteiger partial charge in [-0.3, -0.25) is 9.20 Å². The largest absolute Gasteiger partial charge is 0.435 e. The first-order valence-electron chi connectivity index (χ1n) is 13.1. The number of halogens is 3. The minimum atomic E-state index is -2.88. The van der Waals surface area contributed by atoms with Crippen LogP contribution >= 0.6 is 12.4 Å². The number of aryl methyl sites for hydroxylation is 1. The van der Waals surface area contributed by atoms with Crippen LogP contribution in [0.15, 0.2) is 61.1 Å². The summed E-state index contributed by atoms with van der Waals surface area (Å²) in [4.78, 5) is 37.8. The number of ether oxygens (including phenoxy) is 1. The van der Waals surface area contributed by atoms with Gasteiger partial charge in [-0.1, -0.05) is 0 Å². The van der Waals surface area contributed by atoms with Gasteiger partial charge >= 0.3 is 12.6 Å². The van der Waals surface area contributed by atoms with Crippen LogP contribution in [0.5, 0.6) is 5.75 Å². The van der Waals surface area contributed by atoms with E-state index in [2.05, 4.69) is 25.3 Å². The minimum absolute atomic E-state index is 0. The van der Waals surface area contributed by atoms with Crippen LogP contribution in [-0.2, 0) is 0 Å². The molecule has 1 aliphatic rings. The molecule has 5 rings (SSSR count). The number of aromatic nitrogens is 3. The summed E-state index contributed by atoms with van der Waals surface area (Å²) in [6, 6.07) is 11.6. The number of hydrogen-bond donors (Lipinski definition) is 3. The van der Waals surface area contributed by atoms with Crippen LogP contribution in [0.4, 0.5) is 25.1 Å². The third kappa shape index (κ3) is 6.69. The third-order valence-electron chi connectivity index (χ3n) is 6.80. The number of nitrogens with two attached hydrogens (primary N) is 1. The summed E-state index contributed by atoms with van der Waals surface area (Å²) in [5.41, 5.74) is 9.66. The highest BCUT2D eigenvalue weighted by molar-refractivity contribution is 5.96. The number of imidazole rings is 1. The Balaban J connectivity index is 0.00000405. The van der Waals surface area contributed by atoms with Gasteiger partial charge in [-0.2, -0.15) is 8.78 Å². The zero-order valence-corrected chi connectivity index (χ0v) is 23.6. The smallest absolute Gasteiger partial charge is 0.387 e. The maximum absolute atomic E-state index is 13.2. The average molecular weight is 601 g/mol. The minimum Gasteiger partial charge on any atom is -0.435 e. The van der Waals surface area contributed by atoms with Gasteiger partial charge in [0, 0.05) is 68.5 Å². The molecule has 4 aromatic rings. The monoisotopic (exact) mass is 600 g/mol. The Morgan fingerprint density at radius 1 is 1.05 bits per heavy atom. The van der Waals surface area contributed by atoms with Crippen LogP contribution in [0, 0.1) is 6.92 Å². The number of carbonyl (C=O) groups is 2. The van der Waals surface area contributed by atoms with Gasteiger partial charge in [0.25, 0.3) is 5.91 Å². The number of benzene rings is 2. The highest BCUT2D eigenvalue weighted by Crippen LogP contribution is 2.28. The van der Waals surface area contributed by atoms with Crippen molar-refractivity contribution >= 4 is 41.5 Å². The Morgan fingerprint density at radius 2 is 1.76 bits per heavy atom. The number of nitrogens with one attached hydrogen (secondary N) is 2. The number of piperazine rings is 1. The second kappa shape index (κ2) is 13.4. The van der Waals surface area contributed by atoms with Gasteiger partial charge in [0.2, 0.25) is 0 Å². The van der Waals surface area contributed by atoms with E-state index in [1.807, 2.05) is 23.5 Å². The average Bonchev–Trinajstić information content (AvgIpc) is 3.41. The van der Waals surface area contributed by atoms with E-state index in [1.54, 1.807) is 46.6 Å². The van der Waals surface area contributed by atoms with Crippen molar-refractivity contribution in [3.05, 3.63) is 72.2 Å². The highest BCUT2D eigenvalue weighted by atomic mass is 35.5. The molecule has 42 heavy (non-hydrogen) atoms. The molecule has 2 aromatic heterocycles. The molecule has 0 spiro atoms. The molecule has 0 radical (unpaired) electrons. The lowest BCUT2D eigenvalue weighted by atomic mass is 10.1. The SMILES string of the molecule is Cc1cc(Nc2nccn3c(-c4ccc(OC(F)F)cc4)cnc23)ccc1C(=O)N1CCN(C(=O)NCCN)CC1.Cl. The molecule has 1 fully saturated rings. The number of amides is 3. The van der Waals surface area contributed by atoms with E-state index in [-0.39, 0.29) is 30.1 Å². The lowest BCUT2D eigenvalue weighted by molar-refractivity contribution is -0.0498. The lowest BCUT2D eigenvalue weighted by Gasteiger charge is -2.35. The normalized spacial score (nSPS) is 13.2. The molecule has 11 nitrogen and oxygen atoms in total. The second-order valence-electron chi connectivity index (χ2n) is 9.47. The summed E-state index contributed by atoms with van der Waals surface area (Å²) in [7, 11) is 0. The van der Waals surface area contributed by atoms with Crippen molar-refractivity contribution in [1.29, 1.82) is 0 Å². The van der Waals surface area contributed by atoms with Crippen molar-refractivity contribution in [1.82, 2.24) is 29.5 Å². The predicted molar refractivity (Wildman–Crippen MR) is 157 cm³/mol. The summed E-state index contributed by atoms with van der Waals surface area (Å²) in [5, 5.41) is 6.04. The topological polar surface area (TPSA) is 130 Å². The Kier molecular flexibility index (Phi) is 9.76. The van der Waals surface area contributed by atoms with Crippen molar-refractivity contribution in [2.75, 3.05) is 44.6 Å². The first-order valence-corrected chi connectivity index (χ1v) is 13.1. The van der Waals surface area contributed by atoms with Crippen LogP contribution in [0.2, 0.25) is 0 Å². The van der Waals surface area contributed by atoms with Gasteiger partial charge < -0.3 is 30.9 Å². The zero-order chi connectivity index (χ0) is 28.9. The van der Waals surface area contributed by atoms with Gasteiger partial charge in [-0.05, 0) is 55.0 Å². The van der Waals surface area contributed by atoms with Crippen molar-refractivity contribution in [2.24, 2.45) is 5.73 Å². The van der Waals surface area contributed by atoms with Gasteiger partial charge in [0.05, 0.1) is 11.9 Å². The van der Waals surface area contributed by atoms with E-state index < -0.39 is 6.61 Å². The molecule has 4 N–H and O–H groups in total. The number of anilines is 2. The molecular weight excluding hydrogens is 570 g/mol. The van der Waals surface area contributed by atoms with Crippen molar-refractivity contribution in [2.45, 2.75) is 13.5 Å². The number of nitrogens with zero attached hydrogens (tertiary/aromatic N) is 5. The maximum atomic E-state index is 13.2. The molecule has 1 saturated heterocycles. The summed E-state index contributed by atoms with van der Waals surface area (Å²) in [5.74, 6) is 0.505. The fourth-order valence-electron chi connectivity index (χ4n) is 4.72. The van der Waals surface area contributed by atoms with Gasteiger partial charge in [0.1, 0.15) is 5.75 Å². The van der Waals surface area contributed by atoms with E-state index in [0.29, 0.717) is 56.3 Å². The maximum Gasteiger partial charge on any atom is 0.387 e. The quantitative estimate of drug-likeness (QED) is 0.280. The predicted octanol–water partition coefficient (Wildman–Crippen LogP) is 3.90. The Morgan fingerprint density at radius 3 is 2.43 bits per heavy atom. The van der Waals surface area contributed by atoms with E-state index in [9.17, 15) is 18.4 Å². The molecule has 0 aliphatic carbocycles. The summed E-state index contributed by atoms with van der Waals surface area (Å²) < 4.78 is 31.2. The number of hydrogen-bond acceptors (Lipinski definition) is 7. The molecule has 222 valence electrons. The van der Waals surface area contributed by atoms with Gasteiger partial charge in [-0.25, -0.2) is 14.8 Å². The molecule has 0 atom stereocenters. The molecule has 3 amide bonds. The van der Waals surface area contributed by atoms with E-state index in [4.69, 9.17) is 5.73 Å². The van der Waals surface area contributed by atoms with Crippen LogP contribution in [0.1, 0.15) is 15.9 Å². The molecule has 2 aromatic carbocycles. The van der Waals surface area contributed by atoms with E-state index in [0.717, 1.165) is 22.5 Å². The fraction of sp³-hybridized carbons (Fsp3) is 0.286. The number of carbonyl (C=O) groups excluding carboxylic acids is 2. The Bertz CT molecular complexity index is 1540. The van der Waals surface area contributed by atoms with Crippen LogP contribution in [-0.4, -0.2) is 82.0 Å². The molecule has 0 saturated carbocycles. The number of fused-ring (bicyclic) bond motifs is 1. The lowest BCUT2D eigenvalue weighted by Crippen LogP contribution is -2.53. The van der Waals surface area contributed by atoms with E-state index >= 15 is 0 Å². The summed E-state index contributed by atoms with van der Waals surface area (Å²) >= 11 is 0. The molecule has 0 unspecified atom stereocenters. The van der Waals surface area contributed by atoms with Crippen molar-refractivity contribution in [3.8, 4) is 17.0 Å². The van der Waals surface area contributed by atoms with Crippen LogP contribution in [0.3, 0.4) is 0 Å². The molecular formula is C28H31ClF2N8O3. The summed E-state index contributed by atoms with van der Waals surface area (Å²) in [6.07, 6.45) is 5.08. The highest BCUT2D eigenvalue weighted by Gasteiger charge is 2.25. The molecule has 14 heteroatoms.